The lowest BCUT2D eigenvalue weighted by atomic mass is 10.0. The molecule has 0 aromatic heterocycles. The molecular weight excluding hydrogens is 333 g/mol. The first-order valence-electron chi connectivity index (χ1n) is 8.93. The van der Waals surface area contributed by atoms with E-state index in [0.29, 0.717) is 13.2 Å². The van der Waals surface area contributed by atoms with E-state index in [9.17, 15) is 9.18 Å². The first-order valence-corrected chi connectivity index (χ1v) is 8.93. The van der Waals surface area contributed by atoms with Crippen LogP contribution in [0.4, 0.5) is 20.6 Å². The quantitative estimate of drug-likeness (QED) is 0.885. The van der Waals surface area contributed by atoms with Gasteiger partial charge in [-0.1, -0.05) is 12.1 Å². The van der Waals surface area contributed by atoms with Crippen LogP contribution in [0.1, 0.15) is 24.4 Å². The molecule has 4 rings (SSSR count). The normalized spacial score (nSPS) is 19.1. The van der Waals surface area contributed by atoms with Crippen LogP contribution < -0.4 is 15.0 Å². The van der Waals surface area contributed by atoms with Gasteiger partial charge >= 0.3 is 6.03 Å². The van der Waals surface area contributed by atoms with Crippen LogP contribution >= 0.6 is 0 Å². The number of nitrogens with one attached hydrogen (secondary N) is 1. The highest BCUT2D eigenvalue weighted by Gasteiger charge is 2.30. The van der Waals surface area contributed by atoms with Gasteiger partial charge < -0.3 is 19.9 Å². The van der Waals surface area contributed by atoms with Crippen molar-refractivity contribution in [3.63, 3.8) is 0 Å². The van der Waals surface area contributed by atoms with E-state index in [1.807, 2.05) is 31.3 Å². The molecule has 2 heterocycles. The molecule has 1 atom stereocenters. The Morgan fingerprint density at radius 1 is 1.23 bits per heavy atom. The lowest BCUT2D eigenvalue weighted by Crippen LogP contribution is -2.34. The Hall–Kier alpha value is -2.76. The fraction of sp³-hybridized carbons (Fsp3) is 0.350. The van der Waals surface area contributed by atoms with Gasteiger partial charge in [0.1, 0.15) is 18.2 Å². The molecule has 2 aromatic carbocycles. The molecule has 1 saturated heterocycles. The minimum atomic E-state index is -0.271. The molecule has 0 radical (unpaired) electrons. The highest BCUT2D eigenvalue weighted by atomic mass is 19.1. The predicted octanol–water partition coefficient (Wildman–Crippen LogP) is 4.02. The number of rotatable bonds is 2. The molecule has 0 unspecified atom stereocenters. The summed E-state index contributed by atoms with van der Waals surface area (Å²) in [6.45, 7) is 2.15. The van der Waals surface area contributed by atoms with E-state index in [4.69, 9.17) is 4.74 Å². The van der Waals surface area contributed by atoms with Gasteiger partial charge in [-0.15, -0.1) is 0 Å². The molecule has 2 amide bonds. The van der Waals surface area contributed by atoms with Crippen LogP contribution in [0.5, 0.6) is 5.75 Å². The summed E-state index contributed by atoms with van der Waals surface area (Å²) in [4.78, 5) is 16.7. The van der Waals surface area contributed by atoms with Crippen LogP contribution in [0.3, 0.4) is 0 Å². The van der Waals surface area contributed by atoms with Crippen molar-refractivity contribution in [1.82, 2.24) is 4.90 Å². The Morgan fingerprint density at radius 2 is 2.12 bits per heavy atom. The fourth-order valence-electron chi connectivity index (χ4n) is 3.69. The summed E-state index contributed by atoms with van der Waals surface area (Å²) in [5.74, 6) is 0.558. The third-order valence-electron chi connectivity index (χ3n) is 5.05. The Morgan fingerprint density at radius 3 is 2.96 bits per heavy atom. The van der Waals surface area contributed by atoms with E-state index in [2.05, 4.69) is 10.2 Å². The van der Waals surface area contributed by atoms with Crippen molar-refractivity contribution in [1.29, 1.82) is 0 Å². The molecule has 5 nitrogen and oxygen atoms in total. The molecule has 0 bridgehead atoms. The Labute approximate surface area is 152 Å². The first-order chi connectivity index (χ1) is 12.6. The highest BCUT2D eigenvalue weighted by Crippen LogP contribution is 2.35. The molecular formula is C20H22FN3O2. The summed E-state index contributed by atoms with van der Waals surface area (Å²) in [5.41, 5.74) is 2.55. The van der Waals surface area contributed by atoms with Gasteiger partial charge in [0, 0.05) is 19.3 Å². The van der Waals surface area contributed by atoms with E-state index in [-0.39, 0.29) is 17.9 Å². The molecule has 6 heteroatoms. The van der Waals surface area contributed by atoms with Gasteiger partial charge in [-0.3, -0.25) is 0 Å². The monoisotopic (exact) mass is 355 g/mol. The Balaban J connectivity index is 1.52. The van der Waals surface area contributed by atoms with Crippen LogP contribution in [-0.2, 0) is 0 Å². The molecule has 1 fully saturated rings. The van der Waals surface area contributed by atoms with Crippen LogP contribution in [0.2, 0.25) is 0 Å². The summed E-state index contributed by atoms with van der Waals surface area (Å²) in [6.07, 6.45) is 1.76. The van der Waals surface area contributed by atoms with Crippen LogP contribution in [-0.4, -0.2) is 37.7 Å². The third-order valence-corrected chi connectivity index (χ3v) is 5.05. The van der Waals surface area contributed by atoms with Crippen molar-refractivity contribution < 1.29 is 13.9 Å². The molecule has 2 aliphatic heterocycles. The molecule has 0 aliphatic carbocycles. The minimum absolute atomic E-state index is 0.0886. The molecule has 1 N–H and O–H groups in total. The predicted molar refractivity (Wildman–Crippen MR) is 99.3 cm³/mol. The van der Waals surface area contributed by atoms with Crippen molar-refractivity contribution in [3.8, 4) is 5.75 Å². The number of ether oxygens (including phenoxy) is 1. The number of likely N-dealkylation sites (tertiary alicyclic amines) is 1. The summed E-state index contributed by atoms with van der Waals surface area (Å²) in [6, 6.07) is 11.9. The number of hydrogen-bond acceptors (Lipinski definition) is 3. The third kappa shape index (κ3) is 3.19. The zero-order chi connectivity index (χ0) is 18.1. The maximum Gasteiger partial charge on any atom is 0.322 e. The number of halogens is 1. The van der Waals surface area contributed by atoms with Gasteiger partial charge in [-0.05, 0) is 48.7 Å². The van der Waals surface area contributed by atoms with E-state index < -0.39 is 0 Å². The number of fused-ring (bicyclic) bond motifs is 1. The van der Waals surface area contributed by atoms with Crippen molar-refractivity contribution in [2.24, 2.45) is 0 Å². The molecule has 2 aromatic rings. The standard InChI is InChI=1S/C20H22FN3O2/c1-23-10-11-26-19-8-7-16(13-18(19)23)22-20(25)24-9-3-6-17(24)14-4-2-5-15(21)12-14/h2,4-5,7-8,12-13,17H,3,6,9-11H2,1H3,(H,22,25)/t17-/m0/s1. The van der Waals surface area contributed by atoms with E-state index in [0.717, 1.165) is 42.1 Å². The number of likely N-dealkylation sites (N-methyl/N-ethyl adjacent to an activating group) is 1. The van der Waals surface area contributed by atoms with Gasteiger partial charge in [0.2, 0.25) is 0 Å². The summed E-state index contributed by atoms with van der Waals surface area (Å²) >= 11 is 0. The molecule has 136 valence electrons. The molecule has 2 aliphatic rings. The zero-order valence-electron chi connectivity index (χ0n) is 14.7. The number of hydrogen-bond donors (Lipinski definition) is 1. The number of amides is 2. The maximum atomic E-state index is 13.6. The summed E-state index contributed by atoms with van der Waals surface area (Å²) < 4.78 is 19.2. The number of nitrogens with zero attached hydrogens (tertiary/aromatic N) is 2. The van der Waals surface area contributed by atoms with Crippen LogP contribution in [0.25, 0.3) is 0 Å². The van der Waals surface area contributed by atoms with Crippen molar-refractivity contribution in [2.45, 2.75) is 18.9 Å². The van der Waals surface area contributed by atoms with E-state index >= 15 is 0 Å². The van der Waals surface area contributed by atoms with Crippen LogP contribution in [0.15, 0.2) is 42.5 Å². The minimum Gasteiger partial charge on any atom is -0.490 e. The summed E-state index contributed by atoms with van der Waals surface area (Å²) in [7, 11) is 2.01. The van der Waals surface area contributed by atoms with Gasteiger partial charge in [-0.2, -0.15) is 0 Å². The average molecular weight is 355 g/mol. The van der Waals surface area contributed by atoms with Crippen molar-refractivity contribution in [3.05, 3.63) is 53.8 Å². The lowest BCUT2D eigenvalue weighted by Gasteiger charge is -2.29. The summed E-state index contributed by atoms with van der Waals surface area (Å²) in [5, 5.41) is 2.98. The van der Waals surface area contributed by atoms with E-state index in [1.165, 1.54) is 12.1 Å². The second kappa shape index (κ2) is 6.86. The number of anilines is 2. The van der Waals surface area contributed by atoms with Gasteiger partial charge in [0.25, 0.3) is 0 Å². The zero-order valence-corrected chi connectivity index (χ0v) is 14.7. The topological polar surface area (TPSA) is 44.8 Å². The SMILES string of the molecule is CN1CCOc2ccc(NC(=O)N3CCC[C@H]3c3cccc(F)c3)cc21. The van der Waals surface area contributed by atoms with E-state index in [1.54, 1.807) is 11.0 Å². The van der Waals surface area contributed by atoms with Gasteiger partial charge in [0.15, 0.2) is 0 Å². The van der Waals surface area contributed by atoms with Gasteiger partial charge in [0.05, 0.1) is 18.3 Å². The molecule has 26 heavy (non-hydrogen) atoms. The number of benzene rings is 2. The number of carbonyl (C=O) groups is 1. The molecule has 0 spiro atoms. The number of urea groups is 1. The first kappa shape index (κ1) is 16.7. The van der Waals surface area contributed by atoms with Crippen LogP contribution in [0, 0.1) is 5.82 Å². The largest absolute Gasteiger partial charge is 0.490 e. The number of carbonyl (C=O) groups excluding carboxylic acids is 1. The van der Waals surface area contributed by atoms with Gasteiger partial charge in [-0.25, -0.2) is 9.18 Å². The second-order valence-corrected chi connectivity index (χ2v) is 6.79. The fourth-order valence-corrected chi connectivity index (χ4v) is 3.69. The average Bonchev–Trinajstić information content (AvgIpc) is 3.12. The lowest BCUT2D eigenvalue weighted by molar-refractivity contribution is 0.207. The van der Waals surface area contributed by atoms with Crippen molar-refractivity contribution >= 4 is 17.4 Å². The van der Waals surface area contributed by atoms with Crippen molar-refractivity contribution in [2.75, 3.05) is 37.0 Å². The Kier molecular flexibility index (Phi) is 4.41. The Bertz CT molecular complexity index is 826. The smallest absolute Gasteiger partial charge is 0.322 e. The maximum absolute atomic E-state index is 13.6. The second-order valence-electron chi connectivity index (χ2n) is 6.79. The highest BCUT2D eigenvalue weighted by molar-refractivity contribution is 5.91. The molecule has 0 saturated carbocycles.